The van der Waals surface area contributed by atoms with E-state index in [0.29, 0.717) is 33.0 Å². The summed E-state index contributed by atoms with van der Waals surface area (Å²) in [6.07, 6.45) is 0.794. The number of hydrogen-bond donors (Lipinski definition) is 0. The molecule has 0 aromatic heterocycles. The van der Waals surface area contributed by atoms with Gasteiger partial charge in [-0.15, -0.1) is 0 Å². The van der Waals surface area contributed by atoms with Gasteiger partial charge >= 0.3 is 8.80 Å². The van der Waals surface area contributed by atoms with Crippen molar-refractivity contribution in [3.8, 4) is 11.5 Å². The first-order valence-corrected chi connectivity index (χ1v) is 13.0. The highest BCUT2D eigenvalue weighted by molar-refractivity contribution is 6.60. The predicted molar refractivity (Wildman–Crippen MR) is 121 cm³/mol. The smallest absolute Gasteiger partial charge is 0.494 e. The second-order valence-corrected chi connectivity index (χ2v) is 10.1. The number of ether oxygens (including phenoxy) is 3. The number of benzene rings is 2. The van der Waals surface area contributed by atoms with Crippen LogP contribution in [0.3, 0.4) is 0 Å². The first kappa shape index (κ1) is 23.8. The van der Waals surface area contributed by atoms with E-state index in [1.807, 2.05) is 76.2 Å². The molecule has 170 valence electrons. The van der Waals surface area contributed by atoms with Crippen LogP contribution in [0.2, 0.25) is 6.04 Å². The minimum absolute atomic E-state index is 0.465. The predicted octanol–water partition coefficient (Wildman–Crippen LogP) is 5.29. The molecule has 0 saturated carbocycles. The van der Waals surface area contributed by atoms with Crippen molar-refractivity contribution >= 4 is 8.80 Å². The van der Waals surface area contributed by atoms with Gasteiger partial charge in [-0.25, -0.2) is 0 Å². The Hall–Kier alpha value is -1.90. The molecular weight excluding hydrogens is 412 g/mol. The zero-order valence-electron chi connectivity index (χ0n) is 19.0. The molecule has 0 fully saturated rings. The maximum absolute atomic E-state index is 6.19. The van der Waals surface area contributed by atoms with Crippen molar-refractivity contribution in [3.05, 3.63) is 59.7 Å². The number of rotatable bonds is 12. The molecular formula is C24H34O6Si. The second kappa shape index (κ2) is 11.1. The van der Waals surface area contributed by atoms with E-state index in [0.717, 1.165) is 35.1 Å². The molecule has 1 atom stereocenters. The Balaban J connectivity index is 1.56. The third kappa shape index (κ3) is 6.08. The van der Waals surface area contributed by atoms with Crippen molar-refractivity contribution in [3.63, 3.8) is 0 Å². The van der Waals surface area contributed by atoms with E-state index in [1.54, 1.807) is 0 Å². The minimum Gasteiger partial charge on any atom is -0.494 e. The molecule has 0 amide bonds. The van der Waals surface area contributed by atoms with Gasteiger partial charge in [0, 0.05) is 43.9 Å². The van der Waals surface area contributed by atoms with Gasteiger partial charge in [-0.05, 0) is 45.4 Å². The van der Waals surface area contributed by atoms with Gasteiger partial charge in [0.25, 0.3) is 0 Å². The van der Waals surface area contributed by atoms with E-state index in [9.17, 15) is 0 Å². The fourth-order valence-corrected chi connectivity index (χ4v) is 6.26. The van der Waals surface area contributed by atoms with Crippen molar-refractivity contribution in [2.24, 2.45) is 0 Å². The third-order valence-electron chi connectivity index (χ3n) is 5.13. The van der Waals surface area contributed by atoms with Gasteiger partial charge in [0.2, 0.25) is 5.79 Å². The summed E-state index contributed by atoms with van der Waals surface area (Å²) in [5.41, 5.74) is 1.97. The normalized spacial score (nSPS) is 18.3. The second-order valence-electron chi connectivity index (χ2n) is 7.41. The molecule has 1 unspecified atom stereocenters. The molecule has 7 heteroatoms. The molecule has 1 aliphatic rings. The first-order valence-electron chi connectivity index (χ1n) is 11.1. The van der Waals surface area contributed by atoms with E-state index in [2.05, 4.69) is 0 Å². The van der Waals surface area contributed by atoms with Crippen LogP contribution in [-0.4, -0.2) is 35.2 Å². The third-order valence-corrected chi connectivity index (χ3v) is 8.28. The van der Waals surface area contributed by atoms with Crippen molar-refractivity contribution in [1.29, 1.82) is 0 Å². The fraction of sp³-hybridized carbons (Fsp3) is 0.500. The Morgan fingerprint density at radius 1 is 0.935 bits per heavy atom. The number of hydrogen-bond acceptors (Lipinski definition) is 6. The highest BCUT2D eigenvalue weighted by atomic mass is 28.4. The van der Waals surface area contributed by atoms with E-state index in [-0.39, 0.29) is 0 Å². The molecule has 0 spiro atoms. The lowest BCUT2D eigenvalue weighted by Gasteiger charge is -2.36. The lowest BCUT2D eigenvalue weighted by Crippen LogP contribution is -2.46. The highest BCUT2D eigenvalue weighted by Gasteiger charge is 2.39. The van der Waals surface area contributed by atoms with Crippen LogP contribution in [-0.2, 0) is 30.4 Å². The van der Waals surface area contributed by atoms with Crippen LogP contribution in [0.1, 0.15) is 45.2 Å². The summed E-state index contributed by atoms with van der Waals surface area (Å²) in [5.74, 6) is 0.828. The molecule has 1 heterocycles. The maximum atomic E-state index is 6.19. The zero-order valence-corrected chi connectivity index (χ0v) is 20.0. The van der Waals surface area contributed by atoms with Crippen LogP contribution in [0, 0.1) is 0 Å². The Morgan fingerprint density at radius 2 is 1.61 bits per heavy atom. The van der Waals surface area contributed by atoms with Crippen molar-refractivity contribution in [1.82, 2.24) is 0 Å². The maximum Gasteiger partial charge on any atom is 0.501 e. The lowest BCUT2D eigenvalue weighted by molar-refractivity contribution is -0.201. The van der Waals surface area contributed by atoms with Crippen LogP contribution in [0.15, 0.2) is 48.5 Å². The van der Waals surface area contributed by atoms with Gasteiger partial charge in [0.1, 0.15) is 11.5 Å². The Morgan fingerprint density at radius 3 is 2.26 bits per heavy atom. The van der Waals surface area contributed by atoms with Gasteiger partial charge in [0.05, 0.1) is 13.2 Å². The summed E-state index contributed by atoms with van der Waals surface area (Å²) in [6.45, 7) is 10.6. The van der Waals surface area contributed by atoms with Crippen LogP contribution in [0.25, 0.3) is 0 Å². The van der Waals surface area contributed by atoms with E-state index in [4.69, 9.17) is 27.5 Å². The monoisotopic (exact) mass is 446 g/mol. The first-order chi connectivity index (χ1) is 15.0. The SMILES string of the molecule is CCO[Si](CCCOc1ccc2c(c1)COC(C)(c1ccccc1)O2)(OCC)OCC. The van der Waals surface area contributed by atoms with Gasteiger partial charge in [-0.3, -0.25) is 0 Å². The average molecular weight is 447 g/mol. The van der Waals surface area contributed by atoms with Gasteiger partial charge in [0.15, 0.2) is 0 Å². The van der Waals surface area contributed by atoms with Gasteiger partial charge in [-0.2, -0.15) is 0 Å². The zero-order chi connectivity index (χ0) is 22.2. The standard InChI is InChI=1S/C24H34O6Si/c1-5-27-31(28-6-2,29-7-3)17-11-16-25-22-14-15-23-20(18-22)19-26-24(4,30-23)21-12-9-8-10-13-21/h8-10,12-15,18H,5-7,11,16-17,19H2,1-4H3. The molecule has 6 nitrogen and oxygen atoms in total. The quantitative estimate of drug-likeness (QED) is 0.326. The summed E-state index contributed by atoms with van der Waals surface area (Å²) < 4.78 is 35.9. The molecule has 0 radical (unpaired) electrons. The van der Waals surface area contributed by atoms with E-state index >= 15 is 0 Å². The largest absolute Gasteiger partial charge is 0.501 e. The van der Waals surface area contributed by atoms with E-state index in [1.165, 1.54) is 0 Å². The number of fused-ring (bicyclic) bond motifs is 1. The molecule has 0 aliphatic carbocycles. The highest BCUT2D eigenvalue weighted by Crippen LogP contribution is 2.38. The summed E-state index contributed by atoms with van der Waals surface area (Å²) in [6, 6.07) is 16.6. The summed E-state index contributed by atoms with van der Waals surface area (Å²) in [5, 5.41) is 0. The summed E-state index contributed by atoms with van der Waals surface area (Å²) in [4.78, 5) is 0. The van der Waals surface area contributed by atoms with Gasteiger partial charge in [-0.1, -0.05) is 30.3 Å². The Labute approximate surface area is 186 Å². The van der Waals surface area contributed by atoms with Crippen LogP contribution >= 0.6 is 0 Å². The Kier molecular flexibility index (Phi) is 8.51. The fourth-order valence-electron chi connectivity index (χ4n) is 3.68. The lowest BCUT2D eigenvalue weighted by atomic mass is 10.1. The van der Waals surface area contributed by atoms with Crippen molar-refractivity contribution in [2.45, 2.75) is 52.6 Å². The van der Waals surface area contributed by atoms with Crippen molar-refractivity contribution in [2.75, 3.05) is 26.4 Å². The van der Waals surface area contributed by atoms with Gasteiger partial charge < -0.3 is 27.5 Å². The summed E-state index contributed by atoms with van der Waals surface area (Å²) in [7, 11) is -2.63. The molecule has 31 heavy (non-hydrogen) atoms. The molecule has 0 N–H and O–H groups in total. The molecule has 3 rings (SSSR count). The van der Waals surface area contributed by atoms with Crippen LogP contribution in [0.4, 0.5) is 0 Å². The molecule has 2 aromatic carbocycles. The molecule has 2 aromatic rings. The molecule has 0 saturated heterocycles. The van der Waals surface area contributed by atoms with Crippen molar-refractivity contribution < 1.29 is 27.5 Å². The average Bonchev–Trinajstić information content (AvgIpc) is 2.78. The van der Waals surface area contributed by atoms with Crippen LogP contribution in [0.5, 0.6) is 11.5 Å². The topological polar surface area (TPSA) is 55.4 Å². The minimum atomic E-state index is -2.63. The Bertz CT molecular complexity index is 798. The molecule has 0 bridgehead atoms. The van der Waals surface area contributed by atoms with E-state index < -0.39 is 14.6 Å². The summed E-state index contributed by atoms with van der Waals surface area (Å²) >= 11 is 0. The van der Waals surface area contributed by atoms with Crippen LogP contribution < -0.4 is 9.47 Å². The molecule has 1 aliphatic heterocycles.